The zero-order chi connectivity index (χ0) is 23.7. The molecular formula is C27H31ClN2O2. The third-order valence-corrected chi connectivity index (χ3v) is 5.32. The maximum absolute atomic E-state index is 13.2. The zero-order valence-corrected chi connectivity index (χ0v) is 19.9. The SMILES string of the molecule is C=C/C(=C\C=C/C)CCC1N=C(c2ccc(O)cc2)c2cc(Cl)ccc2N(C)C1=O.CC. The van der Waals surface area contributed by atoms with E-state index in [2.05, 4.69) is 6.58 Å². The Labute approximate surface area is 196 Å². The van der Waals surface area contributed by atoms with E-state index >= 15 is 0 Å². The van der Waals surface area contributed by atoms with Gasteiger partial charge in [0.05, 0.1) is 11.4 Å². The fraction of sp³-hybridized carbons (Fsp3) is 0.259. The van der Waals surface area contributed by atoms with Crippen molar-refractivity contribution in [2.24, 2.45) is 4.99 Å². The van der Waals surface area contributed by atoms with Crippen LogP contribution in [0.3, 0.4) is 0 Å². The monoisotopic (exact) mass is 450 g/mol. The highest BCUT2D eigenvalue weighted by Gasteiger charge is 2.30. The van der Waals surface area contributed by atoms with Gasteiger partial charge in [0, 0.05) is 23.2 Å². The van der Waals surface area contributed by atoms with E-state index < -0.39 is 6.04 Å². The van der Waals surface area contributed by atoms with Crippen LogP contribution in [0, 0.1) is 0 Å². The predicted molar refractivity (Wildman–Crippen MR) is 136 cm³/mol. The quantitative estimate of drug-likeness (QED) is 0.496. The second-order valence-corrected chi connectivity index (χ2v) is 7.55. The fourth-order valence-electron chi connectivity index (χ4n) is 3.43. The van der Waals surface area contributed by atoms with Crippen LogP contribution in [0.5, 0.6) is 5.75 Å². The number of carbonyl (C=O) groups is 1. The van der Waals surface area contributed by atoms with Crippen LogP contribution in [0.2, 0.25) is 5.02 Å². The Kier molecular flexibility index (Phi) is 9.48. The normalized spacial score (nSPS) is 16.1. The van der Waals surface area contributed by atoms with E-state index in [0.717, 1.165) is 22.4 Å². The van der Waals surface area contributed by atoms with Gasteiger partial charge in [-0.3, -0.25) is 9.79 Å². The van der Waals surface area contributed by atoms with Crippen LogP contribution in [0.25, 0.3) is 0 Å². The number of aromatic hydroxyl groups is 1. The highest BCUT2D eigenvalue weighted by Crippen LogP contribution is 2.31. The summed E-state index contributed by atoms with van der Waals surface area (Å²) in [5, 5.41) is 10.3. The maximum Gasteiger partial charge on any atom is 0.251 e. The van der Waals surface area contributed by atoms with Gasteiger partial charge in [0.15, 0.2) is 0 Å². The summed E-state index contributed by atoms with van der Waals surface area (Å²) >= 11 is 6.28. The first-order valence-electron chi connectivity index (χ1n) is 10.8. The minimum absolute atomic E-state index is 0.0678. The molecule has 1 aliphatic heterocycles. The van der Waals surface area contributed by atoms with Gasteiger partial charge >= 0.3 is 0 Å². The molecule has 0 saturated carbocycles. The number of carbonyl (C=O) groups excluding carboxylic acids is 1. The third kappa shape index (κ3) is 5.98. The first-order chi connectivity index (χ1) is 15.4. The summed E-state index contributed by atoms with van der Waals surface area (Å²) < 4.78 is 0. The van der Waals surface area contributed by atoms with E-state index in [4.69, 9.17) is 16.6 Å². The molecule has 1 heterocycles. The van der Waals surface area contributed by atoms with Crippen LogP contribution in [0.15, 0.2) is 83.9 Å². The van der Waals surface area contributed by atoms with Crippen molar-refractivity contribution in [3.05, 3.63) is 95.1 Å². The van der Waals surface area contributed by atoms with Gasteiger partial charge in [-0.2, -0.15) is 0 Å². The van der Waals surface area contributed by atoms with Crippen LogP contribution in [0.4, 0.5) is 5.69 Å². The van der Waals surface area contributed by atoms with Crippen LogP contribution >= 0.6 is 11.6 Å². The van der Waals surface area contributed by atoms with Gasteiger partial charge in [-0.15, -0.1) is 0 Å². The molecule has 1 N–H and O–H groups in total. The highest BCUT2D eigenvalue weighted by molar-refractivity contribution is 6.32. The first-order valence-corrected chi connectivity index (χ1v) is 11.2. The van der Waals surface area contributed by atoms with Crippen molar-refractivity contribution in [1.29, 1.82) is 0 Å². The number of benzodiazepines with no additional fused rings is 1. The number of phenolic OH excluding ortho intramolecular Hbond substituents is 1. The molecule has 32 heavy (non-hydrogen) atoms. The molecule has 2 aromatic rings. The lowest BCUT2D eigenvalue weighted by Gasteiger charge is -2.20. The average Bonchev–Trinajstić information content (AvgIpc) is 2.91. The van der Waals surface area contributed by atoms with Crippen molar-refractivity contribution >= 4 is 28.9 Å². The Bertz CT molecular complexity index is 1040. The Hall–Kier alpha value is -3.11. The Morgan fingerprint density at radius 3 is 2.53 bits per heavy atom. The van der Waals surface area contributed by atoms with Gasteiger partial charge < -0.3 is 10.0 Å². The number of rotatable bonds is 6. The minimum atomic E-state index is -0.543. The predicted octanol–water partition coefficient (Wildman–Crippen LogP) is 6.72. The van der Waals surface area contributed by atoms with Crippen molar-refractivity contribution in [1.82, 2.24) is 0 Å². The van der Waals surface area contributed by atoms with Gasteiger partial charge in [0.2, 0.25) is 0 Å². The number of phenols is 1. The van der Waals surface area contributed by atoms with E-state index in [1.165, 1.54) is 0 Å². The molecule has 0 aliphatic carbocycles. The average molecular weight is 451 g/mol. The van der Waals surface area contributed by atoms with E-state index in [-0.39, 0.29) is 11.7 Å². The van der Waals surface area contributed by atoms with Gasteiger partial charge in [-0.1, -0.05) is 56.3 Å². The van der Waals surface area contributed by atoms with Crippen LogP contribution in [0.1, 0.15) is 44.7 Å². The molecule has 168 valence electrons. The number of anilines is 1. The Balaban J connectivity index is 0.00000176. The maximum atomic E-state index is 13.2. The molecule has 1 aliphatic rings. The number of hydrogen-bond acceptors (Lipinski definition) is 3. The molecule has 1 atom stereocenters. The van der Waals surface area contributed by atoms with Crippen LogP contribution < -0.4 is 4.90 Å². The number of allylic oxidation sites excluding steroid dienone is 5. The number of benzene rings is 2. The summed E-state index contributed by atoms with van der Waals surface area (Å²) in [6.45, 7) is 9.83. The molecule has 0 saturated heterocycles. The summed E-state index contributed by atoms with van der Waals surface area (Å²) in [7, 11) is 1.77. The second-order valence-electron chi connectivity index (χ2n) is 7.11. The van der Waals surface area contributed by atoms with Crippen LogP contribution in [-0.2, 0) is 4.79 Å². The van der Waals surface area contributed by atoms with E-state index in [0.29, 0.717) is 23.6 Å². The van der Waals surface area contributed by atoms with E-state index in [1.807, 2.05) is 57.2 Å². The number of halogens is 1. The molecule has 5 heteroatoms. The standard InChI is InChI=1S/C25H25ClN2O2.C2H6/c1-4-6-7-17(5-2)8-14-22-25(30)28(3)23-15-11-19(26)16-21(23)24(27-22)18-9-12-20(29)13-10-18;1-2/h4-7,9-13,15-16,22,29H,2,8,14H2,1,3H3;1-2H3/b6-4-,17-7+;. The zero-order valence-electron chi connectivity index (χ0n) is 19.2. The first kappa shape index (κ1) is 25.2. The molecule has 0 aromatic heterocycles. The molecule has 0 spiro atoms. The third-order valence-electron chi connectivity index (χ3n) is 5.09. The van der Waals surface area contributed by atoms with Gasteiger partial charge in [-0.05, 0) is 67.8 Å². The molecule has 3 rings (SSSR count). The lowest BCUT2D eigenvalue weighted by molar-refractivity contribution is -0.119. The van der Waals surface area contributed by atoms with E-state index in [9.17, 15) is 9.90 Å². The van der Waals surface area contributed by atoms with Crippen molar-refractivity contribution in [2.45, 2.75) is 39.7 Å². The minimum Gasteiger partial charge on any atom is -0.508 e. The molecule has 0 bridgehead atoms. The molecule has 0 radical (unpaired) electrons. The largest absolute Gasteiger partial charge is 0.508 e. The van der Waals surface area contributed by atoms with Crippen LogP contribution in [-0.4, -0.2) is 29.8 Å². The number of nitrogens with zero attached hydrogens (tertiary/aromatic N) is 2. The van der Waals surface area contributed by atoms with Gasteiger partial charge in [-0.25, -0.2) is 0 Å². The number of fused-ring (bicyclic) bond motifs is 1. The number of amides is 1. The highest BCUT2D eigenvalue weighted by atomic mass is 35.5. The molecule has 4 nitrogen and oxygen atoms in total. The fourth-order valence-corrected chi connectivity index (χ4v) is 3.60. The topological polar surface area (TPSA) is 52.9 Å². The van der Waals surface area contributed by atoms with E-state index in [1.54, 1.807) is 42.3 Å². The van der Waals surface area contributed by atoms with Gasteiger partial charge in [0.25, 0.3) is 5.91 Å². The van der Waals surface area contributed by atoms with Crippen molar-refractivity contribution in [3.63, 3.8) is 0 Å². The number of aliphatic imine (C=N–C) groups is 1. The smallest absolute Gasteiger partial charge is 0.251 e. The molecule has 1 unspecified atom stereocenters. The van der Waals surface area contributed by atoms with Crippen molar-refractivity contribution < 1.29 is 9.90 Å². The summed E-state index contributed by atoms with van der Waals surface area (Å²) in [6, 6.07) is 11.7. The second kappa shape index (κ2) is 12.1. The lowest BCUT2D eigenvalue weighted by Crippen LogP contribution is -2.34. The van der Waals surface area contributed by atoms with Crippen molar-refractivity contribution in [3.8, 4) is 5.75 Å². The molecule has 2 aromatic carbocycles. The van der Waals surface area contributed by atoms with Gasteiger partial charge in [0.1, 0.15) is 11.8 Å². The Morgan fingerprint density at radius 2 is 1.91 bits per heavy atom. The van der Waals surface area contributed by atoms with Crippen molar-refractivity contribution in [2.75, 3.05) is 11.9 Å². The summed E-state index contributed by atoms with van der Waals surface area (Å²) in [5.74, 6) is 0.107. The summed E-state index contributed by atoms with van der Waals surface area (Å²) in [4.78, 5) is 19.8. The summed E-state index contributed by atoms with van der Waals surface area (Å²) in [6.07, 6.45) is 8.96. The summed E-state index contributed by atoms with van der Waals surface area (Å²) in [5.41, 5.74) is 4.10. The molecular weight excluding hydrogens is 420 g/mol. The molecule has 0 fully saturated rings. The lowest BCUT2D eigenvalue weighted by atomic mass is 10.00. The Morgan fingerprint density at radius 1 is 1.22 bits per heavy atom. The molecule has 1 amide bonds. The number of likely N-dealkylation sites (N-methyl/N-ethyl adjacent to an activating group) is 1. The number of hydrogen-bond donors (Lipinski definition) is 1.